The fourth-order valence-corrected chi connectivity index (χ4v) is 3.08. The summed E-state index contributed by atoms with van der Waals surface area (Å²) in [5.74, 6) is 0.166. The molecule has 0 radical (unpaired) electrons. The van der Waals surface area contributed by atoms with Crippen LogP contribution in [0.1, 0.15) is 24.2 Å². The number of hydrogen-bond acceptors (Lipinski definition) is 3. The van der Waals surface area contributed by atoms with Crippen molar-refractivity contribution in [2.24, 2.45) is 0 Å². The molecule has 0 aliphatic rings. The van der Waals surface area contributed by atoms with Gasteiger partial charge in [-0.1, -0.05) is 30.3 Å². The van der Waals surface area contributed by atoms with Gasteiger partial charge in [0, 0.05) is 23.7 Å². The Morgan fingerprint density at radius 3 is 2.33 bits per heavy atom. The summed E-state index contributed by atoms with van der Waals surface area (Å²) in [5.41, 5.74) is 1.44. The molecule has 0 heterocycles. The molecule has 0 bridgehead atoms. The normalized spacial score (nSPS) is 10.5. The number of para-hydroxylation sites is 1. The average Bonchev–Trinajstić information content (AvgIpc) is 2.59. The van der Waals surface area contributed by atoms with E-state index in [0.717, 1.165) is 10.6 Å². The minimum absolute atomic E-state index is 0.0336. The molecular weight excluding hydrogens is 320 g/mol. The van der Waals surface area contributed by atoms with Gasteiger partial charge < -0.3 is 10.2 Å². The molecule has 2 aromatic rings. The molecule has 0 aromatic heterocycles. The highest BCUT2D eigenvalue weighted by atomic mass is 32.2. The zero-order chi connectivity index (χ0) is 17.5. The van der Waals surface area contributed by atoms with Gasteiger partial charge in [0.05, 0.1) is 11.3 Å². The van der Waals surface area contributed by atoms with Crippen LogP contribution in [0.15, 0.2) is 59.5 Å². The molecule has 126 valence electrons. The summed E-state index contributed by atoms with van der Waals surface area (Å²) in [5, 5.41) is 2.86. The van der Waals surface area contributed by atoms with Crippen LogP contribution < -0.4 is 10.2 Å². The quantitative estimate of drug-likeness (QED) is 0.816. The van der Waals surface area contributed by atoms with Crippen molar-refractivity contribution in [3.8, 4) is 0 Å². The lowest BCUT2D eigenvalue weighted by molar-refractivity contribution is -0.119. The van der Waals surface area contributed by atoms with Crippen molar-refractivity contribution in [1.29, 1.82) is 0 Å². The molecular formula is C19H22N2O2S. The van der Waals surface area contributed by atoms with E-state index in [9.17, 15) is 9.59 Å². The van der Waals surface area contributed by atoms with E-state index < -0.39 is 0 Å². The van der Waals surface area contributed by atoms with Crippen molar-refractivity contribution in [3.63, 3.8) is 0 Å². The molecule has 5 heteroatoms. The van der Waals surface area contributed by atoms with Gasteiger partial charge in [0.25, 0.3) is 5.91 Å². The number of anilines is 1. The van der Waals surface area contributed by atoms with Crippen LogP contribution in [0.4, 0.5) is 5.69 Å². The minimum atomic E-state index is -0.0893. The number of benzene rings is 2. The van der Waals surface area contributed by atoms with Crippen LogP contribution in [0.5, 0.6) is 0 Å². The van der Waals surface area contributed by atoms with Crippen molar-refractivity contribution >= 4 is 29.3 Å². The average molecular weight is 342 g/mol. The molecule has 0 unspecified atom stereocenters. The Morgan fingerprint density at radius 2 is 1.67 bits per heavy atom. The molecule has 0 aliphatic carbocycles. The summed E-state index contributed by atoms with van der Waals surface area (Å²) in [6.45, 7) is 3.85. The van der Waals surface area contributed by atoms with Crippen molar-refractivity contribution in [2.45, 2.75) is 24.8 Å². The van der Waals surface area contributed by atoms with E-state index in [0.29, 0.717) is 5.56 Å². The van der Waals surface area contributed by atoms with Crippen LogP contribution in [-0.4, -0.2) is 30.7 Å². The summed E-state index contributed by atoms with van der Waals surface area (Å²) in [6, 6.07) is 17.0. The van der Waals surface area contributed by atoms with Gasteiger partial charge in [-0.3, -0.25) is 9.59 Å². The molecule has 2 rings (SSSR count). The Hall–Kier alpha value is -2.27. The number of rotatable bonds is 6. The first-order valence-corrected chi connectivity index (χ1v) is 8.82. The number of hydrogen-bond donors (Lipinski definition) is 1. The lowest BCUT2D eigenvalue weighted by Gasteiger charge is -2.19. The summed E-state index contributed by atoms with van der Waals surface area (Å²) < 4.78 is 0. The maximum atomic E-state index is 12.8. The van der Waals surface area contributed by atoms with Gasteiger partial charge in [-0.2, -0.15) is 0 Å². The molecule has 4 nitrogen and oxygen atoms in total. The Morgan fingerprint density at radius 1 is 1.04 bits per heavy atom. The SMILES string of the molecule is CC(C)NC(=O)CSc1ccccc1C(=O)N(C)c1ccccc1. The van der Waals surface area contributed by atoms with Gasteiger partial charge in [0.1, 0.15) is 0 Å². The zero-order valence-electron chi connectivity index (χ0n) is 14.2. The third-order valence-corrected chi connectivity index (χ3v) is 4.45. The van der Waals surface area contributed by atoms with Gasteiger partial charge in [-0.05, 0) is 38.1 Å². The molecule has 0 fully saturated rings. The van der Waals surface area contributed by atoms with Crippen molar-refractivity contribution in [1.82, 2.24) is 5.32 Å². The standard InChI is InChI=1S/C19H22N2O2S/c1-14(2)20-18(22)13-24-17-12-8-7-11-16(17)19(23)21(3)15-9-5-4-6-10-15/h4-12,14H,13H2,1-3H3,(H,20,22). The molecule has 0 spiro atoms. The fraction of sp³-hybridized carbons (Fsp3) is 0.263. The fourth-order valence-electron chi connectivity index (χ4n) is 2.23. The Balaban J connectivity index is 2.13. The van der Waals surface area contributed by atoms with Crippen molar-refractivity contribution in [3.05, 3.63) is 60.2 Å². The number of thioether (sulfide) groups is 1. The molecule has 1 N–H and O–H groups in total. The van der Waals surface area contributed by atoms with Gasteiger partial charge >= 0.3 is 0 Å². The first-order valence-electron chi connectivity index (χ1n) is 7.83. The Bertz CT molecular complexity index is 702. The second-order valence-corrected chi connectivity index (χ2v) is 6.72. The first kappa shape index (κ1) is 18.1. The van der Waals surface area contributed by atoms with Crippen LogP contribution in [-0.2, 0) is 4.79 Å². The molecule has 0 saturated heterocycles. The number of carbonyl (C=O) groups excluding carboxylic acids is 2. The maximum Gasteiger partial charge on any atom is 0.259 e. The van der Waals surface area contributed by atoms with E-state index in [1.54, 1.807) is 18.0 Å². The van der Waals surface area contributed by atoms with Crippen LogP contribution in [0, 0.1) is 0 Å². The monoisotopic (exact) mass is 342 g/mol. The lowest BCUT2D eigenvalue weighted by Crippen LogP contribution is -2.31. The second-order valence-electron chi connectivity index (χ2n) is 5.71. The van der Waals surface area contributed by atoms with E-state index in [2.05, 4.69) is 5.32 Å². The van der Waals surface area contributed by atoms with Crippen molar-refractivity contribution in [2.75, 3.05) is 17.7 Å². The highest BCUT2D eigenvalue weighted by molar-refractivity contribution is 8.00. The number of carbonyl (C=O) groups is 2. The number of nitrogens with zero attached hydrogens (tertiary/aromatic N) is 1. The first-order chi connectivity index (χ1) is 11.5. The molecule has 24 heavy (non-hydrogen) atoms. The van der Waals surface area contributed by atoms with E-state index in [1.807, 2.05) is 62.4 Å². The third kappa shape index (κ3) is 4.86. The zero-order valence-corrected chi connectivity index (χ0v) is 15.0. The highest BCUT2D eigenvalue weighted by Gasteiger charge is 2.17. The Labute approximate surface area is 147 Å². The van der Waals surface area contributed by atoms with E-state index in [1.165, 1.54) is 11.8 Å². The summed E-state index contributed by atoms with van der Waals surface area (Å²) >= 11 is 1.38. The Kier molecular flexibility index (Phi) is 6.44. The smallest absolute Gasteiger partial charge is 0.259 e. The van der Waals surface area contributed by atoms with Gasteiger partial charge in [0.15, 0.2) is 0 Å². The number of nitrogens with one attached hydrogen (secondary N) is 1. The molecule has 0 aliphatic heterocycles. The van der Waals surface area contributed by atoms with Crippen LogP contribution in [0.3, 0.4) is 0 Å². The summed E-state index contributed by atoms with van der Waals surface area (Å²) in [6.07, 6.45) is 0. The second kappa shape index (κ2) is 8.55. The van der Waals surface area contributed by atoms with Crippen LogP contribution in [0.25, 0.3) is 0 Å². The molecule has 2 amide bonds. The highest BCUT2D eigenvalue weighted by Crippen LogP contribution is 2.25. The van der Waals surface area contributed by atoms with Gasteiger partial charge in [-0.15, -0.1) is 11.8 Å². The van der Waals surface area contributed by atoms with Gasteiger partial charge in [0.2, 0.25) is 5.91 Å². The summed E-state index contributed by atoms with van der Waals surface area (Å²) in [4.78, 5) is 27.1. The van der Waals surface area contributed by atoms with E-state index in [-0.39, 0.29) is 23.6 Å². The van der Waals surface area contributed by atoms with Crippen molar-refractivity contribution < 1.29 is 9.59 Å². The lowest BCUT2D eigenvalue weighted by atomic mass is 10.2. The third-order valence-electron chi connectivity index (χ3n) is 3.37. The molecule has 0 saturated carbocycles. The summed E-state index contributed by atoms with van der Waals surface area (Å²) in [7, 11) is 1.75. The van der Waals surface area contributed by atoms with Gasteiger partial charge in [-0.25, -0.2) is 0 Å². The van der Waals surface area contributed by atoms with E-state index in [4.69, 9.17) is 0 Å². The predicted octanol–water partition coefficient (Wildman–Crippen LogP) is 3.58. The molecule has 0 atom stereocenters. The van der Waals surface area contributed by atoms with Crippen LogP contribution >= 0.6 is 11.8 Å². The topological polar surface area (TPSA) is 49.4 Å². The van der Waals surface area contributed by atoms with E-state index >= 15 is 0 Å². The van der Waals surface area contributed by atoms with Crippen LogP contribution in [0.2, 0.25) is 0 Å². The minimum Gasteiger partial charge on any atom is -0.353 e. The predicted molar refractivity (Wildman–Crippen MR) is 99.6 cm³/mol. The molecule has 2 aromatic carbocycles. The maximum absolute atomic E-state index is 12.8. The number of amides is 2. The largest absolute Gasteiger partial charge is 0.353 e.